The lowest BCUT2D eigenvalue weighted by atomic mass is 9.90. The van der Waals surface area contributed by atoms with Gasteiger partial charge < -0.3 is 15.0 Å². The quantitative estimate of drug-likeness (QED) is 0.630. The minimum absolute atomic E-state index is 0.00964. The second-order valence-electron chi connectivity index (χ2n) is 8.51. The number of likely N-dealkylation sites (tertiary alicyclic amines) is 1. The number of imidazole rings is 1. The molecule has 6 nitrogen and oxygen atoms in total. The fraction of sp³-hybridized carbons (Fsp3) is 0.375. The maximum absolute atomic E-state index is 13.4. The van der Waals surface area contributed by atoms with Gasteiger partial charge >= 0.3 is 6.18 Å². The number of hydrogen-bond donors (Lipinski definition) is 1. The van der Waals surface area contributed by atoms with Crippen LogP contribution in [0.3, 0.4) is 0 Å². The maximum atomic E-state index is 13.4. The molecular weight excluding hydrogens is 433 g/mol. The summed E-state index contributed by atoms with van der Waals surface area (Å²) in [5.41, 5.74) is 7.28. The average molecular weight is 458 g/mol. The third-order valence-corrected chi connectivity index (χ3v) is 6.36. The van der Waals surface area contributed by atoms with Gasteiger partial charge in [0, 0.05) is 43.7 Å². The van der Waals surface area contributed by atoms with Gasteiger partial charge in [0.1, 0.15) is 5.65 Å². The molecule has 0 aliphatic carbocycles. The van der Waals surface area contributed by atoms with Crippen molar-refractivity contribution in [2.75, 3.05) is 13.1 Å². The number of halogens is 3. The Hall–Kier alpha value is -3.36. The number of amides is 2. The molecule has 3 aromatic rings. The fourth-order valence-corrected chi connectivity index (χ4v) is 4.47. The molecule has 33 heavy (non-hydrogen) atoms. The number of nitrogens with two attached hydrogens (primary N) is 1. The van der Waals surface area contributed by atoms with Crippen LogP contribution in [-0.4, -0.2) is 39.2 Å². The lowest BCUT2D eigenvalue weighted by molar-refractivity contribution is -0.137. The van der Waals surface area contributed by atoms with Gasteiger partial charge in [0.25, 0.3) is 0 Å². The highest BCUT2D eigenvalue weighted by Crippen LogP contribution is 2.35. The Morgan fingerprint density at radius 2 is 1.91 bits per heavy atom. The number of pyridine rings is 1. The van der Waals surface area contributed by atoms with E-state index in [0.717, 1.165) is 17.7 Å². The minimum Gasteiger partial charge on any atom is -0.369 e. The first kappa shape index (κ1) is 22.8. The van der Waals surface area contributed by atoms with Gasteiger partial charge in [-0.15, -0.1) is 0 Å². The molecule has 1 unspecified atom stereocenters. The largest absolute Gasteiger partial charge is 0.416 e. The van der Waals surface area contributed by atoms with Crippen LogP contribution in [0.1, 0.15) is 47.6 Å². The normalized spacial score (nSPS) is 16.2. The summed E-state index contributed by atoms with van der Waals surface area (Å²) in [6, 6.07) is 8.85. The van der Waals surface area contributed by atoms with Crippen LogP contribution < -0.4 is 5.73 Å². The van der Waals surface area contributed by atoms with Gasteiger partial charge in [-0.05, 0) is 43.0 Å². The Morgan fingerprint density at radius 1 is 1.18 bits per heavy atom. The SMILES string of the molecule is Cc1cccn2c(C(CC(=O)N3CCC(C(N)=O)CC3)c3cccc(C(F)(F)F)c3)cnc12. The molecule has 0 radical (unpaired) electrons. The summed E-state index contributed by atoms with van der Waals surface area (Å²) in [6.07, 6.45) is -0.0935. The molecule has 1 atom stereocenters. The molecule has 0 saturated carbocycles. The molecule has 1 fully saturated rings. The van der Waals surface area contributed by atoms with E-state index in [9.17, 15) is 22.8 Å². The molecule has 1 saturated heterocycles. The number of carbonyl (C=O) groups is 2. The van der Waals surface area contributed by atoms with Gasteiger partial charge in [0.05, 0.1) is 11.3 Å². The summed E-state index contributed by atoms with van der Waals surface area (Å²) in [5.74, 6) is -1.42. The van der Waals surface area contributed by atoms with Gasteiger partial charge in [-0.3, -0.25) is 9.59 Å². The zero-order chi connectivity index (χ0) is 23.8. The Kier molecular flexibility index (Phi) is 6.14. The number of benzene rings is 1. The van der Waals surface area contributed by atoms with Gasteiger partial charge in [-0.1, -0.05) is 24.3 Å². The lowest BCUT2D eigenvalue weighted by Crippen LogP contribution is -2.42. The van der Waals surface area contributed by atoms with Crippen molar-refractivity contribution in [2.45, 2.75) is 38.3 Å². The molecule has 3 heterocycles. The number of fused-ring (bicyclic) bond motifs is 1. The average Bonchev–Trinajstić information content (AvgIpc) is 3.22. The number of alkyl halides is 3. The van der Waals surface area contributed by atoms with Crippen molar-refractivity contribution < 1.29 is 22.8 Å². The van der Waals surface area contributed by atoms with Crippen molar-refractivity contribution in [1.29, 1.82) is 0 Å². The zero-order valence-corrected chi connectivity index (χ0v) is 18.2. The molecule has 1 aliphatic heterocycles. The van der Waals surface area contributed by atoms with Crippen LogP contribution in [0.4, 0.5) is 13.2 Å². The first-order chi connectivity index (χ1) is 15.6. The molecule has 2 N–H and O–H groups in total. The van der Waals surface area contributed by atoms with Crippen LogP contribution >= 0.6 is 0 Å². The van der Waals surface area contributed by atoms with Gasteiger partial charge in [0.2, 0.25) is 11.8 Å². The molecule has 2 aromatic heterocycles. The summed E-state index contributed by atoms with van der Waals surface area (Å²) in [7, 11) is 0. The Labute approximate surface area is 189 Å². The predicted octanol–water partition coefficient (Wildman–Crippen LogP) is 3.91. The first-order valence-electron chi connectivity index (χ1n) is 10.8. The van der Waals surface area contributed by atoms with Crippen molar-refractivity contribution in [3.05, 3.63) is 71.2 Å². The summed E-state index contributed by atoms with van der Waals surface area (Å²) in [6.45, 7) is 2.70. The highest BCUT2D eigenvalue weighted by molar-refractivity contribution is 5.79. The third kappa shape index (κ3) is 4.72. The summed E-state index contributed by atoms with van der Waals surface area (Å²) in [4.78, 5) is 30.7. The Morgan fingerprint density at radius 3 is 2.58 bits per heavy atom. The number of aromatic nitrogens is 2. The minimum atomic E-state index is -4.49. The van der Waals surface area contributed by atoms with E-state index in [1.54, 1.807) is 23.4 Å². The highest BCUT2D eigenvalue weighted by atomic mass is 19.4. The summed E-state index contributed by atoms with van der Waals surface area (Å²) in [5, 5.41) is 0. The highest BCUT2D eigenvalue weighted by Gasteiger charge is 2.33. The molecule has 2 amide bonds. The number of hydrogen-bond acceptors (Lipinski definition) is 3. The van der Waals surface area contributed by atoms with Crippen molar-refractivity contribution in [3.63, 3.8) is 0 Å². The van der Waals surface area contributed by atoms with Gasteiger partial charge in [-0.2, -0.15) is 13.2 Å². The topological polar surface area (TPSA) is 80.7 Å². The molecule has 1 aromatic carbocycles. The van der Waals surface area contributed by atoms with Crippen molar-refractivity contribution >= 4 is 17.5 Å². The molecule has 1 aliphatic rings. The monoisotopic (exact) mass is 458 g/mol. The van der Waals surface area contributed by atoms with E-state index in [-0.39, 0.29) is 24.2 Å². The number of aryl methyl sites for hydroxylation is 1. The Bertz CT molecular complexity index is 1180. The summed E-state index contributed by atoms with van der Waals surface area (Å²) >= 11 is 0. The van der Waals surface area contributed by atoms with E-state index >= 15 is 0 Å². The maximum Gasteiger partial charge on any atom is 0.416 e. The van der Waals surface area contributed by atoms with E-state index < -0.39 is 17.7 Å². The number of rotatable bonds is 5. The van der Waals surface area contributed by atoms with E-state index in [1.807, 2.05) is 23.5 Å². The van der Waals surface area contributed by atoms with Crippen molar-refractivity contribution in [1.82, 2.24) is 14.3 Å². The number of piperidine rings is 1. The number of carbonyl (C=O) groups excluding carboxylic acids is 2. The smallest absolute Gasteiger partial charge is 0.369 e. The fourth-order valence-electron chi connectivity index (χ4n) is 4.47. The van der Waals surface area contributed by atoms with Crippen LogP contribution in [0.2, 0.25) is 0 Å². The molecule has 4 rings (SSSR count). The number of nitrogens with zero attached hydrogens (tertiary/aromatic N) is 3. The van der Waals surface area contributed by atoms with Crippen LogP contribution in [0.15, 0.2) is 48.8 Å². The summed E-state index contributed by atoms with van der Waals surface area (Å²) < 4.78 is 42.0. The van der Waals surface area contributed by atoms with Crippen LogP contribution in [0.25, 0.3) is 5.65 Å². The van der Waals surface area contributed by atoms with E-state index in [0.29, 0.717) is 42.8 Å². The van der Waals surface area contributed by atoms with Crippen LogP contribution in [0.5, 0.6) is 0 Å². The van der Waals surface area contributed by atoms with Crippen molar-refractivity contribution in [2.24, 2.45) is 11.7 Å². The first-order valence-corrected chi connectivity index (χ1v) is 10.8. The number of primary amides is 1. The lowest BCUT2D eigenvalue weighted by Gasteiger charge is -2.32. The predicted molar refractivity (Wildman–Crippen MR) is 116 cm³/mol. The second-order valence-corrected chi connectivity index (χ2v) is 8.51. The third-order valence-electron chi connectivity index (χ3n) is 6.36. The van der Waals surface area contributed by atoms with E-state index in [2.05, 4.69) is 4.98 Å². The molecule has 174 valence electrons. The zero-order valence-electron chi connectivity index (χ0n) is 18.2. The second kappa shape index (κ2) is 8.88. The van der Waals surface area contributed by atoms with E-state index in [1.165, 1.54) is 6.07 Å². The van der Waals surface area contributed by atoms with Crippen molar-refractivity contribution in [3.8, 4) is 0 Å². The van der Waals surface area contributed by atoms with Crippen LogP contribution in [-0.2, 0) is 15.8 Å². The molecule has 0 bridgehead atoms. The molecule has 0 spiro atoms. The van der Waals surface area contributed by atoms with Crippen LogP contribution in [0, 0.1) is 12.8 Å². The molecular formula is C24H25F3N4O2. The van der Waals surface area contributed by atoms with Gasteiger partial charge in [0.15, 0.2) is 0 Å². The van der Waals surface area contributed by atoms with Gasteiger partial charge in [-0.25, -0.2) is 4.98 Å². The molecule has 9 heteroatoms. The standard InChI is InChI=1S/C24H25F3N4O2/c1-15-4-3-9-31-20(14-29-23(15)31)19(17-5-2-6-18(12-17)24(25,26)27)13-21(32)30-10-7-16(8-11-30)22(28)33/h2-6,9,12,14,16,19H,7-8,10-11,13H2,1H3,(H2,28,33). The van der Waals surface area contributed by atoms with E-state index in [4.69, 9.17) is 5.73 Å². The Balaban J connectivity index is 1.69.